The molecule has 0 bridgehead atoms. The Hall–Kier alpha value is -0.900. The van der Waals surface area contributed by atoms with Crippen molar-refractivity contribution in [3.8, 4) is 0 Å². The fourth-order valence-corrected chi connectivity index (χ4v) is 3.72. The first-order valence-corrected chi connectivity index (χ1v) is 8.35. The summed E-state index contributed by atoms with van der Waals surface area (Å²) in [4.78, 5) is 0. The van der Waals surface area contributed by atoms with Gasteiger partial charge in [0.2, 0.25) is 0 Å². The Labute approximate surface area is 127 Å². The van der Waals surface area contributed by atoms with Gasteiger partial charge in [-0.25, -0.2) is 0 Å². The minimum atomic E-state index is -0.572. The van der Waals surface area contributed by atoms with E-state index in [1.165, 1.54) is 31.2 Å². The third-order valence-electron chi connectivity index (χ3n) is 5.11. The highest BCUT2D eigenvalue weighted by molar-refractivity contribution is 5.22. The lowest BCUT2D eigenvalue weighted by Gasteiger charge is -2.37. The van der Waals surface area contributed by atoms with Gasteiger partial charge in [0.25, 0.3) is 0 Å². The van der Waals surface area contributed by atoms with Gasteiger partial charge in [0.05, 0.1) is 5.60 Å². The van der Waals surface area contributed by atoms with E-state index >= 15 is 0 Å². The molecule has 1 aliphatic carbocycles. The Morgan fingerprint density at radius 2 is 1.81 bits per heavy atom. The molecule has 1 aliphatic heterocycles. The molecule has 0 aromatic heterocycles. The number of aliphatic hydroxyl groups is 1. The van der Waals surface area contributed by atoms with Gasteiger partial charge in [0, 0.05) is 38.6 Å². The van der Waals surface area contributed by atoms with Crippen LogP contribution < -0.4 is 5.32 Å². The molecule has 1 heterocycles. The van der Waals surface area contributed by atoms with Gasteiger partial charge in [-0.1, -0.05) is 43.2 Å². The van der Waals surface area contributed by atoms with E-state index in [1.54, 1.807) is 0 Å². The van der Waals surface area contributed by atoms with Crippen LogP contribution in [0.3, 0.4) is 0 Å². The molecule has 3 rings (SSSR count). The van der Waals surface area contributed by atoms with E-state index in [4.69, 9.17) is 4.74 Å². The Kier molecular flexibility index (Phi) is 4.94. The summed E-state index contributed by atoms with van der Waals surface area (Å²) in [6.07, 6.45) is 6.58. The van der Waals surface area contributed by atoms with Crippen LogP contribution in [0.2, 0.25) is 0 Å². The number of benzene rings is 1. The van der Waals surface area contributed by atoms with E-state index in [9.17, 15) is 5.11 Å². The summed E-state index contributed by atoms with van der Waals surface area (Å²) in [5, 5.41) is 14.3. The van der Waals surface area contributed by atoms with Gasteiger partial charge in [-0.15, -0.1) is 0 Å². The fourth-order valence-electron chi connectivity index (χ4n) is 3.72. The zero-order chi connectivity index (χ0) is 14.5. The maximum Gasteiger partial charge on any atom is 0.0815 e. The maximum absolute atomic E-state index is 10.6. The minimum absolute atomic E-state index is 0.494. The van der Waals surface area contributed by atoms with Crippen LogP contribution in [-0.4, -0.2) is 36.5 Å². The van der Waals surface area contributed by atoms with Gasteiger partial charge in [-0.3, -0.25) is 0 Å². The van der Waals surface area contributed by atoms with E-state index in [-0.39, 0.29) is 0 Å². The SMILES string of the molecule is OC1(CN[C@@H]2CCCC[C@H]2c2ccccc2)CCOCC1. The smallest absolute Gasteiger partial charge is 0.0815 e. The van der Waals surface area contributed by atoms with Gasteiger partial charge in [0.1, 0.15) is 0 Å². The Balaban J connectivity index is 1.62. The van der Waals surface area contributed by atoms with Crippen LogP contribution in [0.5, 0.6) is 0 Å². The second-order valence-electron chi connectivity index (χ2n) is 6.63. The Bertz CT molecular complexity index is 428. The average Bonchev–Trinajstić information content (AvgIpc) is 2.55. The van der Waals surface area contributed by atoms with Gasteiger partial charge in [0.15, 0.2) is 0 Å². The Morgan fingerprint density at radius 1 is 1.10 bits per heavy atom. The van der Waals surface area contributed by atoms with Crippen molar-refractivity contribution in [3.05, 3.63) is 35.9 Å². The molecular weight excluding hydrogens is 262 g/mol. The second-order valence-corrected chi connectivity index (χ2v) is 6.63. The standard InChI is InChI=1S/C18H27NO2/c20-18(10-12-21-13-11-18)14-19-17-9-5-4-8-16(17)15-6-2-1-3-7-15/h1-3,6-7,16-17,19-20H,4-5,8-14H2/t16-,17+/m0/s1. The van der Waals surface area contributed by atoms with E-state index in [1.807, 2.05) is 0 Å². The first-order chi connectivity index (χ1) is 10.3. The van der Waals surface area contributed by atoms with E-state index in [0.29, 0.717) is 31.7 Å². The molecule has 2 N–H and O–H groups in total. The van der Waals surface area contributed by atoms with E-state index in [2.05, 4.69) is 35.6 Å². The highest BCUT2D eigenvalue weighted by Crippen LogP contribution is 2.33. The second kappa shape index (κ2) is 6.91. The molecule has 0 amide bonds. The molecule has 1 saturated heterocycles. The van der Waals surface area contributed by atoms with E-state index in [0.717, 1.165) is 12.8 Å². The highest BCUT2D eigenvalue weighted by Gasteiger charge is 2.32. The molecule has 1 saturated carbocycles. The van der Waals surface area contributed by atoms with Crippen LogP contribution in [0.15, 0.2) is 30.3 Å². The summed E-state index contributed by atoms with van der Waals surface area (Å²) in [5.74, 6) is 0.586. The molecule has 2 aliphatic rings. The molecule has 116 valence electrons. The molecule has 21 heavy (non-hydrogen) atoms. The Morgan fingerprint density at radius 3 is 2.57 bits per heavy atom. The molecular formula is C18H27NO2. The molecule has 3 heteroatoms. The molecule has 0 spiro atoms. The summed E-state index contributed by atoms with van der Waals surface area (Å²) in [6, 6.07) is 11.3. The summed E-state index contributed by atoms with van der Waals surface area (Å²) >= 11 is 0. The third-order valence-corrected chi connectivity index (χ3v) is 5.11. The first kappa shape index (κ1) is 15.0. The predicted octanol–water partition coefficient (Wildman–Crippen LogP) is 2.84. The third kappa shape index (κ3) is 3.85. The van der Waals surface area contributed by atoms with Crippen LogP contribution in [0.1, 0.15) is 50.0 Å². The van der Waals surface area contributed by atoms with Crippen LogP contribution in [0, 0.1) is 0 Å². The molecule has 0 radical (unpaired) electrons. The molecule has 1 aromatic rings. The van der Waals surface area contributed by atoms with Crippen molar-refractivity contribution in [3.63, 3.8) is 0 Å². The van der Waals surface area contributed by atoms with Crippen LogP contribution >= 0.6 is 0 Å². The summed E-state index contributed by atoms with van der Waals surface area (Å²) in [6.45, 7) is 2.07. The lowest BCUT2D eigenvalue weighted by atomic mass is 9.79. The molecule has 3 nitrogen and oxygen atoms in total. The summed E-state index contributed by atoms with van der Waals surface area (Å²) in [5.41, 5.74) is 0.866. The quantitative estimate of drug-likeness (QED) is 0.895. The minimum Gasteiger partial charge on any atom is -0.388 e. The topological polar surface area (TPSA) is 41.5 Å². The van der Waals surface area contributed by atoms with Gasteiger partial charge >= 0.3 is 0 Å². The zero-order valence-electron chi connectivity index (χ0n) is 12.8. The van der Waals surface area contributed by atoms with Crippen molar-refractivity contribution in [2.45, 2.75) is 56.1 Å². The number of hydrogen-bond donors (Lipinski definition) is 2. The van der Waals surface area contributed by atoms with Gasteiger partial charge in [-0.05, 0) is 24.3 Å². The van der Waals surface area contributed by atoms with Crippen molar-refractivity contribution in [1.82, 2.24) is 5.32 Å². The van der Waals surface area contributed by atoms with Crippen molar-refractivity contribution >= 4 is 0 Å². The van der Waals surface area contributed by atoms with Crippen molar-refractivity contribution < 1.29 is 9.84 Å². The fraction of sp³-hybridized carbons (Fsp3) is 0.667. The van der Waals surface area contributed by atoms with Gasteiger partial charge < -0.3 is 15.2 Å². The molecule has 2 fully saturated rings. The molecule has 0 unspecified atom stereocenters. The van der Waals surface area contributed by atoms with E-state index < -0.39 is 5.60 Å². The lowest BCUT2D eigenvalue weighted by molar-refractivity contribution is -0.0634. The van der Waals surface area contributed by atoms with Crippen molar-refractivity contribution in [2.75, 3.05) is 19.8 Å². The van der Waals surface area contributed by atoms with Crippen LogP contribution in [0.4, 0.5) is 0 Å². The number of rotatable bonds is 4. The van der Waals surface area contributed by atoms with Crippen molar-refractivity contribution in [2.24, 2.45) is 0 Å². The molecule has 2 atom stereocenters. The number of ether oxygens (including phenoxy) is 1. The predicted molar refractivity (Wildman–Crippen MR) is 84.4 cm³/mol. The zero-order valence-corrected chi connectivity index (χ0v) is 12.8. The van der Waals surface area contributed by atoms with Crippen molar-refractivity contribution in [1.29, 1.82) is 0 Å². The van der Waals surface area contributed by atoms with Gasteiger partial charge in [-0.2, -0.15) is 0 Å². The molecule has 1 aromatic carbocycles. The highest BCUT2D eigenvalue weighted by atomic mass is 16.5. The van der Waals surface area contributed by atoms with Crippen LogP contribution in [-0.2, 0) is 4.74 Å². The first-order valence-electron chi connectivity index (χ1n) is 8.35. The number of nitrogens with one attached hydrogen (secondary N) is 1. The summed E-state index contributed by atoms with van der Waals surface area (Å²) < 4.78 is 5.36. The maximum atomic E-state index is 10.6. The summed E-state index contributed by atoms with van der Waals surface area (Å²) in [7, 11) is 0. The number of hydrogen-bond acceptors (Lipinski definition) is 3. The van der Waals surface area contributed by atoms with Crippen LogP contribution in [0.25, 0.3) is 0 Å². The largest absolute Gasteiger partial charge is 0.388 e. The average molecular weight is 289 g/mol. The normalized spacial score (nSPS) is 29.2. The monoisotopic (exact) mass is 289 g/mol. The lowest BCUT2D eigenvalue weighted by Crippen LogP contribution is -2.49.